The molecule has 2 unspecified atom stereocenters. The molecule has 0 spiro atoms. The van der Waals surface area contributed by atoms with E-state index in [2.05, 4.69) is 19.2 Å². The molecule has 1 fully saturated rings. The smallest absolute Gasteiger partial charge is 0.227 e. The van der Waals surface area contributed by atoms with Crippen molar-refractivity contribution in [3.05, 3.63) is 29.8 Å². The molecule has 2 atom stereocenters. The van der Waals surface area contributed by atoms with Gasteiger partial charge in [-0.1, -0.05) is 12.1 Å². The van der Waals surface area contributed by atoms with Crippen LogP contribution in [0.15, 0.2) is 24.3 Å². The Balaban J connectivity index is 2.04. The van der Waals surface area contributed by atoms with Crippen molar-refractivity contribution in [1.29, 1.82) is 0 Å². The van der Waals surface area contributed by atoms with Crippen molar-refractivity contribution >= 4 is 5.91 Å². The molecule has 0 aliphatic carbocycles. The molecule has 1 amide bonds. The molecule has 1 aromatic carbocycles. The Morgan fingerprint density at radius 3 is 2.39 bits per heavy atom. The maximum Gasteiger partial charge on any atom is 0.227 e. The number of amides is 1. The maximum atomic E-state index is 12.3. The van der Waals surface area contributed by atoms with Crippen LogP contribution in [-0.2, 0) is 11.2 Å². The minimum atomic E-state index is 0.155. The van der Waals surface area contributed by atoms with E-state index in [0.29, 0.717) is 6.42 Å². The molecule has 2 N–H and O–H groups in total. The number of phenols is 1. The maximum absolute atomic E-state index is 12.3. The van der Waals surface area contributed by atoms with Crippen LogP contribution in [0.25, 0.3) is 0 Å². The molecule has 0 aromatic heterocycles. The fraction of sp³-hybridized carbons (Fsp3) is 0.500. The molecule has 18 heavy (non-hydrogen) atoms. The number of hydrogen-bond acceptors (Lipinski definition) is 3. The SMILES string of the molecule is CC1CNCC(C)N1C(=O)Cc1ccc(O)cc1. The van der Waals surface area contributed by atoms with Gasteiger partial charge in [-0.25, -0.2) is 0 Å². The summed E-state index contributed by atoms with van der Waals surface area (Å²) in [6.45, 7) is 5.84. The zero-order valence-electron chi connectivity index (χ0n) is 10.9. The summed E-state index contributed by atoms with van der Waals surface area (Å²) in [5.41, 5.74) is 0.940. The summed E-state index contributed by atoms with van der Waals surface area (Å²) in [6, 6.07) is 7.30. The third-order valence-corrected chi connectivity index (χ3v) is 3.41. The highest BCUT2D eigenvalue weighted by Gasteiger charge is 2.28. The summed E-state index contributed by atoms with van der Waals surface area (Å²) in [5, 5.41) is 12.5. The summed E-state index contributed by atoms with van der Waals surface area (Å²) in [4.78, 5) is 14.3. The van der Waals surface area contributed by atoms with Gasteiger partial charge in [0.15, 0.2) is 0 Å². The average Bonchev–Trinajstić information content (AvgIpc) is 2.32. The fourth-order valence-corrected chi connectivity index (χ4v) is 2.50. The van der Waals surface area contributed by atoms with Gasteiger partial charge < -0.3 is 15.3 Å². The summed E-state index contributed by atoms with van der Waals surface area (Å²) >= 11 is 0. The fourth-order valence-electron chi connectivity index (χ4n) is 2.50. The number of aromatic hydroxyl groups is 1. The highest BCUT2D eigenvalue weighted by molar-refractivity contribution is 5.79. The minimum Gasteiger partial charge on any atom is -0.508 e. The van der Waals surface area contributed by atoms with Crippen LogP contribution in [0.4, 0.5) is 0 Å². The molecule has 0 saturated carbocycles. The van der Waals surface area contributed by atoms with Gasteiger partial charge >= 0.3 is 0 Å². The quantitative estimate of drug-likeness (QED) is 0.825. The van der Waals surface area contributed by atoms with Gasteiger partial charge in [0, 0.05) is 25.2 Å². The number of nitrogens with one attached hydrogen (secondary N) is 1. The van der Waals surface area contributed by atoms with Crippen LogP contribution in [0.2, 0.25) is 0 Å². The van der Waals surface area contributed by atoms with Gasteiger partial charge in [-0.2, -0.15) is 0 Å². The van der Waals surface area contributed by atoms with Crippen LogP contribution in [0.1, 0.15) is 19.4 Å². The number of carbonyl (C=O) groups excluding carboxylic acids is 1. The predicted molar refractivity (Wildman–Crippen MR) is 70.5 cm³/mol. The lowest BCUT2D eigenvalue weighted by Gasteiger charge is -2.39. The van der Waals surface area contributed by atoms with Gasteiger partial charge in [0.05, 0.1) is 6.42 Å². The molecular weight excluding hydrogens is 228 g/mol. The Morgan fingerprint density at radius 2 is 1.83 bits per heavy atom. The first-order chi connectivity index (χ1) is 8.58. The monoisotopic (exact) mass is 248 g/mol. The zero-order valence-corrected chi connectivity index (χ0v) is 10.9. The van der Waals surface area contributed by atoms with E-state index in [1.54, 1.807) is 24.3 Å². The Hall–Kier alpha value is -1.55. The van der Waals surface area contributed by atoms with E-state index in [-0.39, 0.29) is 23.7 Å². The normalized spacial score (nSPS) is 24.0. The third kappa shape index (κ3) is 2.82. The van der Waals surface area contributed by atoms with Crippen LogP contribution >= 0.6 is 0 Å². The number of hydrogen-bond donors (Lipinski definition) is 2. The van der Waals surface area contributed by atoms with Crippen molar-refractivity contribution in [2.45, 2.75) is 32.4 Å². The minimum absolute atomic E-state index is 0.155. The van der Waals surface area contributed by atoms with Crippen LogP contribution < -0.4 is 5.32 Å². The molecule has 1 aromatic rings. The largest absolute Gasteiger partial charge is 0.508 e. The second-order valence-electron chi connectivity index (χ2n) is 5.00. The third-order valence-electron chi connectivity index (χ3n) is 3.41. The lowest BCUT2D eigenvalue weighted by atomic mass is 10.1. The van der Waals surface area contributed by atoms with E-state index >= 15 is 0 Å². The lowest BCUT2D eigenvalue weighted by Crippen LogP contribution is -2.57. The Bertz CT molecular complexity index is 406. The van der Waals surface area contributed by atoms with Crippen LogP contribution in [0, 0.1) is 0 Å². The number of rotatable bonds is 2. The first kappa shape index (κ1) is 12.9. The Labute approximate surface area is 108 Å². The number of nitrogens with zero attached hydrogens (tertiary/aromatic N) is 1. The second-order valence-corrected chi connectivity index (χ2v) is 5.00. The molecule has 4 heteroatoms. The number of carbonyl (C=O) groups is 1. The van der Waals surface area contributed by atoms with Crippen LogP contribution in [0.5, 0.6) is 5.75 Å². The Kier molecular flexibility index (Phi) is 3.87. The zero-order chi connectivity index (χ0) is 13.1. The standard InChI is InChI=1S/C14H20N2O2/c1-10-8-15-9-11(2)16(10)14(18)7-12-3-5-13(17)6-4-12/h3-6,10-11,15,17H,7-9H2,1-2H3. The summed E-state index contributed by atoms with van der Waals surface area (Å²) in [5.74, 6) is 0.386. The molecule has 98 valence electrons. The number of benzene rings is 1. The van der Waals surface area contributed by atoms with E-state index in [1.807, 2.05) is 4.90 Å². The van der Waals surface area contributed by atoms with Crippen molar-refractivity contribution in [1.82, 2.24) is 10.2 Å². The Morgan fingerprint density at radius 1 is 1.28 bits per heavy atom. The van der Waals surface area contributed by atoms with Gasteiger partial charge in [0.25, 0.3) is 0 Å². The first-order valence-corrected chi connectivity index (χ1v) is 6.37. The molecule has 1 aliphatic rings. The van der Waals surface area contributed by atoms with E-state index in [1.165, 1.54) is 0 Å². The van der Waals surface area contributed by atoms with Crippen LogP contribution in [0.3, 0.4) is 0 Å². The van der Waals surface area contributed by atoms with Crippen molar-refractivity contribution in [3.63, 3.8) is 0 Å². The van der Waals surface area contributed by atoms with Gasteiger partial charge in [-0.15, -0.1) is 0 Å². The lowest BCUT2D eigenvalue weighted by molar-refractivity contribution is -0.135. The molecule has 2 rings (SSSR count). The highest BCUT2D eigenvalue weighted by Crippen LogP contribution is 2.15. The van der Waals surface area contributed by atoms with Gasteiger partial charge in [0.1, 0.15) is 5.75 Å². The van der Waals surface area contributed by atoms with Gasteiger partial charge in [-0.3, -0.25) is 4.79 Å². The molecule has 1 saturated heterocycles. The van der Waals surface area contributed by atoms with E-state index < -0.39 is 0 Å². The van der Waals surface area contributed by atoms with Gasteiger partial charge in [-0.05, 0) is 31.5 Å². The van der Waals surface area contributed by atoms with Crippen LogP contribution in [-0.4, -0.2) is 41.1 Å². The number of piperazine rings is 1. The molecular formula is C14H20N2O2. The molecule has 4 nitrogen and oxygen atoms in total. The summed E-state index contributed by atoms with van der Waals surface area (Å²) in [6.07, 6.45) is 0.398. The van der Waals surface area contributed by atoms with Gasteiger partial charge in [0.2, 0.25) is 5.91 Å². The van der Waals surface area contributed by atoms with E-state index in [4.69, 9.17) is 0 Å². The first-order valence-electron chi connectivity index (χ1n) is 6.37. The predicted octanol–water partition coefficient (Wildman–Crippen LogP) is 1.14. The molecule has 0 bridgehead atoms. The molecule has 1 heterocycles. The molecule has 0 radical (unpaired) electrons. The average molecular weight is 248 g/mol. The summed E-state index contributed by atoms with van der Waals surface area (Å²) < 4.78 is 0. The summed E-state index contributed by atoms with van der Waals surface area (Å²) in [7, 11) is 0. The second kappa shape index (κ2) is 5.40. The van der Waals surface area contributed by atoms with Crippen molar-refractivity contribution < 1.29 is 9.90 Å². The molecule has 1 aliphatic heterocycles. The number of phenolic OH excluding ortho intramolecular Hbond substituents is 1. The van der Waals surface area contributed by atoms with Crippen molar-refractivity contribution in [2.24, 2.45) is 0 Å². The van der Waals surface area contributed by atoms with E-state index in [0.717, 1.165) is 18.7 Å². The van der Waals surface area contributed by atoms with Crippen molar-refractivity contribution in [3.8, 4) is 5.75 Å². The highest BCUT2D eigenvalue weighted by atomic mass is 16.3. The van der Waals surface area contributed by atoms with E-state index in [9.17, 15) is 9.90 Å². The topological polar surface area (TPSA) is 52.6 Å². The van der Waals surface area contributed by atoms with Crippen molar-refractivity contribution in [2.75, 3.05) is 13.1 Å².